The first-order valence-corrected chi connectivity index (χ1v) is 16.7. The van der Waals surface area contributed by atoms with Crippen LogP contribution >= 0.6 is 0 Å². The Hall–Kier alpha value is -4.64. The Morgan fingerprint density at radius 1 is 0.745 bits per heavy atom. The van der Waals surface area contributed by atoms with E-state index in [1.165, 1.54) is 6.42 Å². The van der Waals surface area contributed by atoms with Crippen molar-refractivity contribution in [2.75, 3.05) is 26.3 Å². The van der Waals surface area contributed by atoms with Gasteiger partial charge in [-0.15, -0.1) is 0 Å². The number of rotatable bonds is 11. The van der Waals surface area contributed by atoms with Crippen LogP contribution in [0.25, 0.3) is 5.70 Å². The van der Waals surface area contributed by atoms with Crippen LogP contribution in [-0.4, -0.2) is 67.3 Å². The summed E-state index contributed by atoms with van der Waals surface area (Å²) >= 11 is 0. The third-order valence-electron chi connectivity index (χ3n) is 8.87. The average molecular weight is 644 g/mol. The molecule has 2 aromatic carbocycles. The lowest BCUT2D eigenvalue weighted by Gasteiger charge is -2.39. The summed E-state index contributed by atoms with van der Waals surface area (Å²) in [6.45, 7) is 4.30. The number of hydrogen-bond acceptors (Lipinski definition) is 7. The van der Waals surface area contributed by atoms with Gasteiger partial charge in [0.15, 0.2) is 0 Å². The van der Waals surface area contributed by atoms with Crippen LogP contribution in [0.2, 0.25) is 0 Å². The number of carbonyl (C=O) groups excluding carboxylic acids is 4. The van der Waals surface area contributed by atoms with Crippen molar-refractivity contribution in [3.05, 3.63) is 88.6 Å². The highest BCUT2D eigenvalue weighted by Crippen LogP contribution is 2.31. The van der Waals surface area contributed by atoms with Gasteiger partial charge < -0.3 is 30.7 Å². The second-order valence-corrected chi connectivity index (χ2v) is 12.0. The van der Waals surface area contributed by atoms with Gasteiger partial charge >= 0.3 is 24.0 Å². The topological polar surface area (TPSA) is 138 Å². The fourth-order valence-electron chi connectivity index (χ4n) is 6.71. The zero-order valence-electron chi connectivity index (χ0n) is 27.2. The van der Waals surface area contributed by atoms with Gasteiger partial charge in [0.05, 0.1) is 42.1 Å². The first-order chi connectivity index (χ1) is 22.9. The molecular weight excluding hydrogens is 598 g/mol. The summed E-state index contributed by atoms with van der Waals surface area (Å²) in [5, 5.41) is 11.7. The molecule has 4 amide bonds. The summed E-state index contributed by atoms with van der Waals surface area (Å²) in [6, 6.07) is 16.4. The van der Waals surface area contributed by atoms with Crippen molar-refractivity contribution in [3.8, 4) is 0 Å². The van der Waals surface area contributed by atoms with Crippen LogP contribution in [0.4, 0.5) is 9.59 Å². The molecule has 0 aromatic heterocycles. The van der Waals surface area contributed by atoms with Gasteiger partial charge in [-0.2, -0.15) is 0 Å². The molecule has 0 saturated heterocycles. The van der Waals surface area contributed by atoms with E-state index in [1.807, 2.05) is 60.7 Å². The fourth-order valence-corrected chi connectivity index (χ4v) is 6.71. The smallest absolute Gasteiger partial charge is 0.338 e. The summed E-state index contributed by atoms with van der Waals surface area (Å²) in [5.74, 6) is -1.04. The molecule has 2 aromatic rings. The number of nitrogens with zero attached hydrogens (tertiary/aromatic N) is 1. The van der Waals surface area contributed by atoms with Gasteiger partial charge in [0.1, 0.15) is 0 Å². The number of urea groups is 2. The predicted molar refractivity (Wildman–Crippen MR) is 178 cm³/mol. The Morgan fingerprint density at radius 2 is 1.32 bits per heavy atom. The van der Waals surface area contributed by atoms with Crippen LogP contribution in [0.3, 0.4) is 0 Å². The molecule has 250 valence electrons. The summed E-state index contributed by atoms with van der Waals surface area (Å²) in [5.41, 5.74) is 2.94. The largest absolute Gasteiger partial charge is 0.463 e. The number of nitrogens with one attached hydrogen (secondary N) is 4. The van der Waals surface area contributed by atoms with Crippen molar-refractivity contribution in [3.63, 3.8) is 0 Å². The molecule has 1 saturated carbocycles. The molecule has 2 heterocycles. The molecule has 11 heteroatoms. The Bertz CT molecular complexity index is 1480. The monoisotopic (exact) mass is 643 g/mol. The van der Waals surface area contributed by atoms with E-state index in [4.69, 9.17) is 9.47 Å². The van der Waals surface area contributed by atoms with Crippen molar-refractivity contribution in [1.82, 2.24) is 26.2 Å². The fraction of sp³-hybridized carbons (Fsp3) is 0.444. The minimum absolute atomic E-state index is 0.0728. The molecule has 0 spiro atoms. The Kier molecular flexibility index (Phi) is 11.7. The van der Waals surface area contributed by atoms with Gasteiger partial charge in [-0.3, -0.25) is 4.90 Å². The lowest BCUT2D eigenvalue weighted by molar-refractivity contribution is -0.139. The Labute approximate surface area is 276 Å². The third kappa shape index (κ3) is 8.40. The van der Waals surface area contributed by atoms with Gasteiger partial charge in [0.2, 0.25) is 0 Å². The van der Waals surface area contributed by atoms with Crippen molar-refractivity contribution in [2.24, 2.45) is 0 Å². The van der Waals surface area contributed by atoms with Crippen LogP contribution in [0, 0.1) is 0 Å². The molecule has 5 rings (SSSR count). The molecule has 1 fully saturated rings. The maximum absolute atomic E-state index is 13.6. The Morgan fingerprint density at radius 3 is 1.96 bits per heavy atom. The second-order valence-electron chi connectivity index (χ2n) is 12.0. The van der Waals surface area contributed by atoms with Gasteiger partial charge in [0, 0.05) is 24.8 Å². The molecule has 4 N–H and O–H groups in total. The minimum atomic E-state index is -0.725. The molecule has 0 bridgehead atoms. The van der Waals surface area contributed by atoms with E-state index >= 15 is 0 Å². The molecule has 3 aliphatic rings. The van der Waals surface area contributed by atoms with Crippen LogP contribution in [0.5, 0.6) is 0 Å². The van der Waals surface area contributed by atoms with Gasteiger partial charge in [-0.05, 0) is 37.8 Å². The second kappa shape index (κ2) is 16.3. The van der Waals surface area contributed by atoms with Gasteiger partial charge in [0.25, 0.3) is 0 Å². The standard InChI is InChI=1S/C36H45N5O6/c1-3-46-33(42)29-27(37-35(44)39-31(29)24-16-10-8-11-17-24)22-41(26-20-14-6-5-7-15-21-26)23-28-30(34(43)47-4-2)32(40-36(45)38-28)25-18-12-9-13-19-25/h8-13,16-19,26-27,32H,3-7,14-15,20-23H2,1-2H3,(H2,37,39,44)(H2,38,40,45)/t27-,32-/m0/s1. The maximum atomic E-state index is 13.6. The van der Waals surface area contributed by atoms with Crippen LogP contribution < -0.4 is 21.3 Å². The van der Waals surface area contributed by atoms with E-state index in [2.05, 4.69) is 26.2 Å². The zero-order chi connectivity index (χ0) is 33.2. The first-order valence-electron chi connectivity index (χ1n) is 16.7. The summed E-state index contributed by atoms with van der Waals surface area (Å²) in [7, 11) is 0. The summed E-state index contributed by atoms with van der Waals surface area (Å²) in [4.78, 5) is 55.6. The summed E-state index contributed by atoms with van der Waals surface area (Å²) in [6.07, 6.45) is 7.28. The minimum Gasteiger partial charge on any atom is -0.463 e. The lowest BCUT2D eigenvalue weighted by Crippen LogP contribution is -2.56. The quantitative estimate of drug-likeness (QED) is 0.255. The molecule has 0 unspecified atom stereocenters. The molecule has 1 aliphatic carbocycles. The highest BCUT2D eigenvalue weighted by Gasteiger charge is 2.38. The average Bonchev–Trinajstić information content (AvgIpc) is 3.05. The van der Waals surface area contributed by atoms with Crippen LogP contribution in [-0.2, 0) is 19.1 Å². The van der Waals surface area contributed by atoms with Crippen LogP contribution in [0.1, 0.15) is 76.0 Å². The summed E-state index contributed by atoms with van der Waals surface area (Å²) < 4.78 is 11.0. The number of carbonyl (C=O) groups is 4. The van der Waals surface area contributed by atoms with Crippen molar-refractivity contribution < 1.29 is 28.7 Å². The molecule has 0 radical (unpaired) electrons. The zero-order valence-corrected chi connectivity index (χ0v) is 27.2. The predicted octanol–water partition coefficient (Wildman–Crippen LogP) is 4.93. The number of ether oxygens (including phenoxy) is 2. The van der Waals surface area contributed by atoms with E-state index in [0.29, 0.717) is 28.1 Å². The number of esters is 2. The van der Waals surface area contributed by atoms with Crippen molar-refractivity contribution in [1.29, 1.82) is 0 Å². The van der Waals surface area contributed by atoms with E-state index in [1.54, 1.807) is 13.8 Å². The molecular formula is C36H45N5O6. The first kappa shape index (κ1) is 33.7. The normalized spacial score (nSPS) is 20.7. The lowest BCUT2D eigenvalue weighted by atomic mass is 9.92. The highest BCUT2D eigenvalue weighted by molar-refractivity contribution is 6.04. The van der Waals surface area contributed by atoms with E-state index in [9.17, 15) is 19.2 Å². The highest BCUT2D eigenvalue weighted by atomic mass is 16.5. The SMILES string of the molecule is CCOC(=O)C1=C(c2ccccc2)NC(=O)N[C@H]1CN(CC1=C(C(=O)OCC)[C@H](c2ccccc2)NC(=O)N1)C1CCCCCCC1. The number of hydrogen-bond donors (Lipinski definition) is 4. The molecule has 2 atom stereocenters. The maximum Gasteiger partial charge on any atom is 0.338 e. The number of amides is 4. The van der Waals surface area contributed by atoms with Crippen LogP contribution in [0.15, 0.2) is 77.5 Å². The van der Waals surface area contributed by atoms with E-state index in [0.717, 1.165) is 44.1 Å². The van der Waals surface area contributed by atoms with E-state index in [-0.39, 0.29) is 32.3 Å². The van der Waals surface area contributed by atoms with Crippen molar-refractivity contribution in [2.45, 2.75) is 76.9 Å². The van der Waals surface area contributed by atoms with E-state index < -0.39 is 36.1 Å². The van der Waals surface area contributed by atoms with Crippen molar-refractivity contribution >= 4 is 29.7 Å². The Balaban J connectivity index is 1.59. The van der Waals surface area contributed by atoms with Gasteiger partial charge in [-0.1, -0.05) is 92.8 Å². The molecule has 47 heavy (non-hydrogen) atoms. The third-order valence-corrected chi connectivity index (χ3v) is 8.87. The number of benzene rings is 2. The molecule has 2 aliphatic heterocycles. The van der Waals surface area contributed by atoms with Gasteiger partial charge in [-0.25, -0.2) is 19.2 Å². The molecule has 11 nitrogen and oxygen atoms in total.